The molecule has 0 spiro atoms. The molecule has 1 amide bonds. The van der Waals surface area contributed by atoms with Crippen molar-refractivity contribution in [3.63, 3.8) is 0 Å². The van der Waals surface area contributed by atoms with Crippen molar-refractivity contribution in [1.82, 2.24) is 14.3 Å². The zero-order chi connectivity index (χ0) is 15.5. The molecule has 0 bridgehead atoms. The molecule has 1 aliphatic rings. The highest BCUT2D eigenvalue weighted by atomic mass is 32.1. The average molecular weight is 311 g/mol. The van der Waals surface area contributed by atoms with Gasteiger partial charge < -0.3 is 15.5 Å². The Labute approximate surface area is 130 Å². The Morgan fingerprint density at radius 3 is 2.76 bits per heavy atom. The molecule has 0 aliphatic carbocycles. The van der Waals surface area contributed by atoms with Crippen molar-refractivity contribution in [2.45, 2.75) is 45.6 Å². The molecule has 1 aliphatic heterocycles. The monoisotopic (exact) mass is 311 g/mol. The number of carbonyl (C=O) groups excluding carboxylic acids is 1. The second kappa shape index (κ2) is 6.70. The number of anilines is 1. The summed E-state index contributed by atoms with van der Waals surface area (Å²) >= 11 is 1.43. The van der Waals surface area contributed by atoms with Crippen LogP contribution in [-0.2, 0) is 4.79 Å². The molecule has 0 saturated carbocycles. The standard InChI is InChI=1S/C14H25N5OS/c1-4-6-14(3,15)12(20)18-7-5-8-19(10-9-18)13-16-11(2)17-21-13/h4-10,15H2,1-3H3. The Morgan fingerprint density at radius 2 is 2.14 bits per heavy atom. The first-order chi connectivity index (χ1) is 9.94. The van der Waals surface area contributed by atoms with Gasteiger partial charge in [-0.2, -0.15) is 4.37 Å². The lowest BCUT2D eigenvalue weighted by Crippen LogP contribution is -2.54. The fourth-order valence-electron chi connectivity index (χ4n) is 2.71. The smallest absolute Gasteiger partial charge is 0.242 e. The van der Waals surface area contributed by atoms with Gasteiger partial charge in [0.05, 0.1) is 5.54 Å². The minimum atomic E-state index is -0.747. The third-order valence-electron chi connectivity index (χ3n) is 3.83. The summed E-state index contributed by atoms with van der Waals surface area (Å²) in [6.45, 7) is 8.97. The van der Waals surface area contributed by atoms with Crippen LogP contribution in [0.1, 0.15) is 38.9 Å². The van der Waals surface area contributed by atoms with Gasteiger partial charge in [-0.15, -0.1) is 0 Å². The SMILES string of the molecule is CCCC(C)(N)C(=O)N1CCCN(c2nc(C)ns2)CC1. The summed E-state index contributed by atoms with van der Waals surface area (Å²) in [5.41, 5.74) is 5.43. The third-order valence-corrected chi connectivity index (χ3v) is 4.70. The predicted octanol–water partition coefficient (Wildman–Crippen LogP) is 1.40. The molecule has 21 heavy (non-hydrogen) atoms. The van der Waals surface area contributed by atoms with Crippen molar-refractivity contribution in [3.8, 4) is 0 Å². The molecule has 1 atom stereocenters. The normalized spacial score (nSPS) is 19.2. The Bertz CT molecular complexity index is 487. The van der Waals surface area contributed by atoms with E-state index in [1.807, 2.05) is 18.7 Å². The minimum absolute atomic E-state index is 0.0691. The van der Waals surface area contributed by atoms with E-state index in [1.54, 1.807) is 0 Å². The number of rotatable bonds is 4. The number of aryl methyl sites for hydroxylation is 1. The van der Waals surface area contributed by atoms with Gasteiger partial charge in [-0.3, -0.25) is 4.79 Å². The van der Waals surface area contributed by atoms with E-state index in [0.29, 0.717) is 6.54 Å². The van der Waals surface area contributed by atoms with Gasteiger partial charge in [-0.1, -0.05) is 13.3 Å². The van der Waals surface area contributed by atoms with E-state index in [2.05, 4.69) is 21.2 Å². The van der Waals surface area contributed by atoms with Crippen LogP contribution in [0.5, 0.6) is 0 Å². The van der Waals surface area contributed by atoms with Crippen molar-refractivity contribution in [3.05, 3.63) is 5.82 Å². The number of nitrogens with two attached hydrogens (primary N) is 1. The number of hydrogen-bond acceptors (Lipinski definition) is 6. The fraction of sp³-hybridized carbons (Fsp3) is 0.786. The highest BCUT2D eigenvalue weighted by Gasteiger charge is 2.32. The second-order valence-electron chi connectivity index (χ2n) is 5.92. The number of aromatic nitrogens is 2. The Balaban J connectivity index is 1.99. The molecule has 1 saturated heterocycles. The van der Waals surface area contributed by atoms with Gasteiger partial charge in [0.15, 0.2) is 0 Å². The van der Waals surface area contributed by atoms with E-state index in [0.717, 1.165) is 49.9 Å². The van der Waals surface area contributed by atoms with E-state index < -0.39 is 5.54 Å². The fourth-order valence-corrected chi connectivity index (χ4v) is 3.44. The molecule has 1 aromatic heterocycles. The van der Waals surface area contributed by atoms with Crippen molar-refractivity contribution >= 4 is 22.6 Å². The van der Waals surface area contributed by atoms with E-state index in [4.69, 9.17) is 5.73 Å². The molecule has 2 heterocycles. The van der Waals surface area contributed by atoms with Crippen LogP contribution in [0.3, 0.4) is 0 Å². The summed E-state index contributed by atoms with van der Waals surface area (Å²) in [5, 5.41) is 0.950. The van der Waals surface area contributed by atoms with Crippen molar-refractivity contribution in [1.29, 1.82) is 0 Å². The van der Waals surface area contributed by atoms with E-state index in [-0.39, 0.29) is 5.91 Å². The number of amides is 1. The van der Waals surface area contributed by atoms with Crippen LogP contribution in [0.15, 0.2) is 0 Å². The number of nitrogens with zero attached hydrogens (tertiary/aromatic N) is 4. The molecule has 1 aromatic rings. The van der Waals surface area contributed by atoms with Crippen LogP contribution >= 0.6 is 11.5 Å². The quantitative estimate of drug-likeness (QED) is 0.910. The summed E-state index contributed by atoms with van der Waals surface area (Å²) in [7, 11) is 0. The Hall–Kier alpha value is -1.21. The van der Waals surface area contributed by atoms with Crippen LogP contribution in [0.2, 0.25) is 0 Å². The molecule has 0 aromatic carbocycles. The van der Waals surface area contributed by atoms with Gasteiger partial charge in [0, 0.05) is 37.7 Å². The Morgan fingerprint density at radius 1 is 1.38 bits per heavy atom. The molecular formula is C14H25N5OS. The molecular weight excluding hydrogens is 286 g/mol. The first kappa shape index (κ1) is 16.2. The maximum absolute atomic E-state index is 12.6. The molecule has 1 unspecified atom stereocenters. The number of carbonyl (C=O) groups is 1. The van der Waals surface area contributed by atoms with Crippen molar-refractivity contribution in [2.75, 3.05) is 31.1 Å². The lowest BCUT2D eigenvalue weighted by molar-refractivity contribution is -0.136. The van der Waals surface area contributed by atoms with Gasteiger partial charge in [0.25, 0.3) is 0 Å². The minimum Gasteiger partial charge on any atom is -0.345 e. The van der Waals surface area contributed by atoms with Crippen molar-refractivity contribution < 1.29 is 4.79 Å². The summed E-state index contributed by atoms with van der Waals surface area (Å²) in [6.07, 6.45) is 2.58. The molecule has 6 nitrogen and oxygen atoms in total. The predicted molar refractivity (Wildman–Crippen MR) is 85.6 cm³/mol. The van der Waals surface area contributed by atoms with Gasteiger partial charge in [0.1, 0.15) is 5.82 Å². The molecule has 2 rings (SSSR count). The maximum Gasteiger partial charge on any atom is 0.242 e. The van der Waals surface area contributed by atoms with Crippen molar-refractivity contribution in [2.24, 2.45) is 5.73 Å². The van der Waals surface area contributed by atoms with Crippen LogP contribution in [0, 0.1) is 6.92 Å². The third kappa shape index (κ3) is 3.91. The van der Waals surface area contributed by atoms with Gasteiger partial charge in [-0.25, -0.2) is 4.98 Å². The first-order valence-electron chi connectivity index (χ1n) is 7.57. The number of hydrogen-bond donors (Lipinski definition) is 1. The van der Waals surface area contributed by atoms with Crippen LogP contribution in [0.4, 0.5) is 5.13 Å². The van der Waals surface area contributed by atoms with Gasteiger partial charge in [0.2, 0.25) is 11.0 Å². The zero-order valence-corrected chi connectivity index (χ0v) is 13.9. The zero-order valence-electron chi connectivity index (χ0n) is 13.1. The molecule has 0 radical (unpaired) electrons. The molecule has 1 fully saturated rings. The molecule has 2 N–H and O–H groups in total. The second-order valence-corrected chi connectivity index (χ2v) is 6.65. The summed E-state index contributed by atoms with van der Waals surface area (Å²) in [4.78, 5) is 21.1. The van der Waals surface area contributed by atoms with Crippen LogP contribution in [0.25, 0.3) is 0 Å². The lowest BCUT2D eigenvalue weighted by atomic mass is 9.95. The summed E-state index contributed by atoms with van der Waals surface area (Å²) in [6, 6.07) is 0. The summed E-state index contributed by atoms with van der Waals surface area (Å²) in [5.74, 6) is 0.879. The Kier molecular flexibility index (Phi) is 5.16. The van der Waals surface area contributed by atoms with Crippen LogP contribution in [-0.4, -0.2) is 51.9 Å². The van der Waals surface area contributed by atoms with Gasteiger partial charge in [-0.05, 0) is 26.7 Å². The largest absolute Gasteiger partial charge is 0.345 e. The van der Waals surface area contributed by atoms with E-state index >= 15 is 0 Å². The molecule has 7 heteroatoms. The van der Waals surface area contributed by atoms with E-state index in [9.17, 15) is 4.79 Å². The highest BCUT2D eigenvalue weighted by molar-refractivity contribution is 7.09. The highest BCUT2D eigenvalue weighted by Crippen LogP contribution is 2.20. The van der Waals surface area contributed by atoms with Gasteiger partial charge >= 0.3 is 0 Å². The lowest BCUT2D eigenvalue weighted by Gasteiger charge is -2.30. The maximum atomic E-state index is 12.6. The molecule has 118 valence electrons. The summed E-state index contributed by atoms with van der Waals surface area (Å²) < 4.78 is 4.23. The average Bonchev–Trinajstić information content (AvgIpc) is 2.72. The first-order valence-corrected chi connectivity index (χ1v) is 8.35. The van der Waals surface area contributed by atoms with Crippen LogP contribution < -0.4 is 10.6 Å². The van der Waals surface area contributed by atoms with E-state index in [1.165, 1.54) is 11.5 Å². The topological polar surface area (TPSA) is 75.4 Å².